The van der Waals surface area contributed by atoms with Gasteiger partial charge in [0.15, 0.2) is 17.3 Å². The van der Waals surface area contributed by atoms with E-state index in [1.54, 1.807) is 23.0 Å². The Labute approximate surface area is 103 Å². The number of nitrogens with two attached hydrogens (primary N) is 1. The molecular weight excluding hydrogens is 236 g/mol. The highest BCUT2D eigenvalue weighted by Gasteiger charge is 2.07. The number of rotatable bonds is 5. The summed E-state index contributed by atoms with van der Waals surface area (Å²) >= 11 is 0. The molecule has 0 aliphatic carbocycles. The molecule has 0 spiro atoms. The van der Waals surface area contributed by atoms with Crippen molar-refractivity contribution in [3.8, 4) is 0 Å². The first-order valence-corrected chi connectivity index (χ1v) is 5.35. The predicted octanol–water partition coefficient (Wildman–Crippen LogP) is -0.0101. The van der Waals surface area contributed by atoms with E-state index in [0.717, 1.165) is 0 Å². The maximum absolute atomic E-state index is 11.0. The van der Waals surface area contributed by atoms with Crippen LogP contribution in [0.25, 0.3) is 5.65 Å². The number of imidazole rings is 1. The minimum Gasteiger partial charge on any atom is -0.469 e. The third kappa shape index (κ3) is 2.48. The van der Waals surface area contributed by atoms with Crippen LogP contribution in [0.2, 0.25) is 0 Å². The Bertz CT molecular complexity index is 552. The number of nitrogens with one attached hydrogen (secondary N) is 2. The summed E-state index contributed by atoms with van der Waals surface area (Å²) in [5.74, 6) is 6.10. The summed E-state index contributed by atoms with van der Waals surface area (Å²) in [5, 5.41) is 3.02. The second kappa shape index (κ2) is 5.32. The molecule has 96 valence electrons. The molecular formula is C10H14N6O2. The van der Waals surface area contributed by atoms with Crippen LogP contribution >= 0.6 is 0 Å². The predicted molar refractivity (Wildman–Crippen MR) is 65.9 cm³/mol. The fraction of sp³-hybridized carbons (Fsp3) is 0.300. The van der Waals surface area contributed by atoms with Gasteiger partial charge >= 0.3 is 5.97 Å². The van der Waals surface area contributed by atoms with Crippen LogP contribution in [0, 0.1) is 0 Å². The molecule has 8 nitrogen and oxygen atoms in total. The summed E-state index contributed by atoms with van der Waals surface area (Å²) in [6.07, 6.45) is 5.41. The maximum Gasteiger partial charge on any atom is 0.307 e. The molecule has 0 saturated carbocycles. The number of carbonyl (C=O) groups is 1. The molecule has 2 rings (SSSR count). The fourth-order valence-corrected chi connectivity index (χ4v) is 1.50. The Morgan fingerprint density at radius 2 is 2.44 bits per heavy atom. The van der Waals surface area contributed by atoms with Gasteiger partial charge in [0, 0.05) is 18.9 Å². The summed E-state index contributed by atoms with van der Waals surface area (Å²) in [7, 11) is 1.35. The van der Waals surface area contributed by atoms with Crippen LogP contribution in [0.5, 0.6) is 0 Å². The first-order valence-electron chi connectivity index (χ1n) is 5.35. The lowest BCUT2D eigenvalue weighted by Crippen LogP contribution is -2.14. The van der Waals surface area contributed by atoms with E-state index in [9.17, 15) is 4.79 Å². The molecule has 18 heavy (non-hydrogen) atoms. The van der Waals surface area contributed by atoms with Crippen molar-refractivity contribution in [2.75, 3.05) is 24.4 Å². The van der Waals surface area contributed by atoms with Crippen molar-refractivity contribution >= 4 is 23.3 Å². The molecule has 2 aromatic heterocycles. The number of ether oxygens (including phenoxy) is 1. The summed E-state index contributed by atoms with van der Waals surface area (Å²) in [6.45, 7) is 0.413. The van der Waals surface area contributed by atoms with E-state index in [-0.39, 0.29) is 12.4 Å². The topological polar surface area (TPSA) is 107 Å². The molecule has 0 fully saturated rings. The van der Waals surface area contributed by atoms with Crippen LogP contribution in [-0.2, 0) is 9.53 Å². The second-order valence-electron chi connectivity index (χ2n) is 3.53. The zero-order chi connectivity index (χ0) is 13.0. The fourth-order valence-electron chi connectivity index (χ4n) is 1.50. The molecule has 0 radical (unpaired) electrons. The van der Waals surface area contributed by atoms with E-state index in [4.69, 9.17) is 5.84 Å². The van der Waals surface area contributed by atoms with Crippen LogP contribution in [0.3, 0.4) is 0 Å². The Morgan fingerprint density at radius 3 is 3.17 bits per heavy atom. The van der Waals surface area contributed by atoms with Gasteiger partial charge in [-0.1, -0.05) is 0 Å². The largest absolute Gasteiger partial charge is 0.469 e. The highest BCUT2D eigenvalue weighted by atomic mass is 16.5. The van der Waals surface area contributed by atoms with Crippen LogP contribution < -0.4 is 16.6 Å². The van der Waals surface area contributed by atoms with Gasteiger partial charge in [0.05, 0.1) is 19.7 Å². The smallest absolute Gasteiger partial charge is 0.307 e. The number of hydrazine groups is 1. The van der Waals surface area contributed by atoms with Crippen molar-refractivity contribution < 1.29 is 9.53 Å². The SMILES string of the molecule is COC(=O)CCNc1nc(NN)cn2ccnc12. The third-order valence-corrected chi connectivity index (χ3v) is 2.37. The zero-order valence-corrected chi connectivity index (χ0v) is 9.88. The van der Waals surface area contributed by atoms with Gasteiger partial charge in [-0.05, 0) is 0 Å². The molecule has 0 aliphatic rings. The van der Waals surface area contributed by atoms with Crippen LogP contribution in [0.4, 0.5) is 11.6 Å². The van der Waals surface area contributed by atoms with Gasteiger partial charge in [0.2, 0.25) is 0 Å². The molecule has 2 heterocycles. The standard InChI is InChI=1S/C10H14N6O2/c1-18-8(17)2-3-12-9-10-13-4-5-16(10)6-7(14-9)15-11/h4-6,15H,2-3,11H2,1H3,(H,12,14). The van der Waals surface area contributed by atoms with Crippen molar-refractivity contribution in [1.29, 1.82) is 0 Å². The van der Waals surface area contributed by atoms with E-state index in [1.807, 2.05) is 0 Å². The van der Waals surface area contributed by atoms with Gasteiger partial charge in [-0.3, -0.25) is 4.79 Å². The molecule has 8 heteroatoms. The highest BCUT2D eigenvalue weighted by molar-refractivity contribution is 5.71. The number of esters is 1. The zero-order valence-electron chi connectivity index (χ0n) is 9.88. The number of hydrogen-bond acceptors (Lipinski definition) is 7. The average molecular weight is 250 g/mol. The lowest BCUT2D eigenvalue weighted by atomic mass is 10.4. The Kier molecular flexibility index (Phi) is 3.58. The Balaban J connectivity index is 2.15. The van der Waals surface area contributed by atoms with Crippen LogP contribution in [0.1, 0.15) is 6.42 Å². The number of fused-ring (bicyclic) bond motifs is 1. The lowest BCUT2D eigenvalue weighted by Gasteiger charge is -2.08. The van der Waals surface area contributed by atoms with E-state index >= 15 is 0 Å². The molecule has 0 amide bonds. The quantitative estimate of drug-likeness (QED) is 0.389. The summed E-state index contributed by atoms with van der Waals surface area (Å²) in [4.78, 5) is 19.4. The number of aromatic nitrogens is 3. The number of anilines is 2. The molecule has 0 atom stereocenters. The first kappa shape index (κ1) is 12.1. The molecule has 0 saturated heterocycles. The van der Waals surface area contributed by atoms with Crippen LogP contribution in [0.15, 0.2) is 18.6 Å². The normalized spacial score (nSPS) is 10.3. The molecule has 2 aromatic rings. The van der Waals surface area contributed by atoms with E-state index in [0.29, 0.717) is 23.8 Å². The molecule has 0 unspecified atom stereocenters. The monoisotopic (exact) mass is 250 g/mol. The van der Waals surface area contributed by atoms with Gasteiger partial charge in [0.25, 0.3) is 0 Å². The number of carbonyl (C=O) groups excluding carboxylic acids is 1. The van der Waals surface area contributed by atoms with Gasteiger partial charge < -0.3 is 19.9 Å². The summed E-state index contributed by atoms with van der Waals surface area (Å²) < 4.78 is 6.33. The molecule has 4 N–H and O–H groups in total. The third-order valence-electron chi connectivity index (χ3n) is 2.37. The number of methoxy groups -OCH3 is 1. The maximum atomic E-state index is 11.0. The minimum atomic E-state index is -0.282. The van der Waals surface area contributed by atoms with Crippen molar-refractivity contribution in [1.82, 2.24) is 14.4 Å². The second-order valence-corrected chi connectivity index (χ2v) is 3.53. The van der Waals surface area contributed by atoms with E-state index < -0.39 is 0 Å². The average Bonchev–Trinajstić information content (AvgIpc) is 2.86. The lowest BCUT2D eigenvalue weighted by molar-refractivity contribution is -0.140. The highest BCUT2D eigenvalue weighted by Crippen LogP contribution is 2.15. The van der Waals surface area contributed by atoms with E-state index in [2.05, 4.69) is 25.4 Å². The summed E-state index contributed by atoms with van der Waals surface area (Å²) in [6, 6.07) is 0. The van der Waals surface area contributed by atoms with Gasteiger partial charge in [-0.25, -0.2) is 15.8 Å². The number of hydrogen-bond donors (Lipinski definition) is 3. The number of nitrogen functional groups attached to an aromatic ring is 1. The molecule has 0 bridgehead atoms. The molecule has 0 aliphatic heterocycles. The van der Waals surface area contributed by atoms with Crippen molar-refractivity contribution in [3.63, 3.8) is 0 Å². The van der Waals surface area contributed by atoms with Crippen LogP contribution in [-0.4, -0.2) is 34.0 Å². The molecule has 0 aromatic carbocycles. The van der Waals surface area contributed by atoms with Crippen molar-refractivity contribution in [3.05, 3.63) is 18.6 Å². The Hall–Kier alpha value is -2.35. The van der Waals surface area contributed by atoms with E-state index in [1.165, 1.54) is 7.11 Å². The van der Waals surface area contributed by atoms with Gasteiger partial charge in [-0.15, -0.1) is 0 Å². The number of nitrogens with zero attached hydrogens (tertiary/aromatic N) is 3. The van der Waals surface area contributed by atoms with Gasteiger partial charge in [0.1, 0.15) is 0 Å². The van der Waals surface area contributed by atoms with Crippen molar-refractivity contribution in [2.24, 2.45) is 5.84 Å². The van der Waals surface area contributed by atoms with Crippen molar-refractivity contribution in [2.45, 2.75) is 6.42 Å². The minimum absolute atomic E-state index is 0.255. The Morgan fingerprint density at radius 1 is 1.61 bits per heavy atom. The first-order chi connectivity index (χ1) is 8.74. The van der Waals surface area contributed by atoms with Gasteiger partial charge in [-0.2, -0.15) is 0 Å². The summed E-state index contributed by atoms with van der Waals surface area (Å²) in [5.41, 5.74) is 3.13.